The first-order chi connectivity index (χ1) is 14.6. The molecule has 0 atom stereocenters. The van der Waals surface area contributed by atoms with Gasteiger partial charge in [-0.05, 0) is 48.0 Å². The maximum absolute atomic E-state index is 12.8. The second kappa shape index (κ2) is 9.28. The Bertz CT molecular complexity index is 1240. The van der Waals surface area contributed by atoms with Crippen molar-refractivity contribution in [3.05, 3.63) is 76.9 Å². The van der Waals surface area contributed by atoms with Crippen molar-refractivity contribution in [2.45, 2.75) is 12.7 Å². The second-order valence-corrected chi connectivity index (χ2v) is 9.53. The van der Waals surface area contributed by atoms with E-state index < -0.39 is 15.7 Å². The van der Waals surface area contributed by atoms with Crippen LogP contribution in [0.15, 0.2) is 60.8 Å². The standard InChI is InChI=1S/C22H20ClN3O4S/c1-14(27)25-21-11-15(6-7-16(21)13-31(2,29)30)22(28)26-17-8-9-19(23)18(12-17)20-5-3-4-10-24-20/h3-12H,13H2,1-2H3,(H,25,27)(H,26,28). The Morgan fingerprint density at radius 2 is 1.81 bits per heavy atom. The molecule has 2 aromatic carbocycles. The highest BCUT2D eigenvalue weighted by Crippen LogP contribution is 2.29. The molecule has 0 fully saturated rings. The van der Waals surface area contributed by atoms with Crippen molar-refractivity contribution >= 4 is 44.6 Å². The van der Waals surface area contributed by atoms with E-state index in [-0.39, 0.29) is 22.9 Å². The lowest BCUT2D eigenvalue weighted by atomic mass is 10.1. The Kier molecular flexibility index (Phi) is 6.72. The number of halogens is 1. The molecule has 0 aliphatic carbocycles. The molecule has 2 amide bonds. The van der Waals surface area contributed by atoms with Gasteiger partial charge < -0.3 is 10.6 Å². The molecule has 0 bridgehead atoms. The van der Waals surface area contributed by atoms with Crippen molar-refractivity contribution in [1.82, 2.24) is 4.98 Å². The average molecular weight is 458 g/mol. The molecule has 0 unspecified atom stereocenters. The van der Waals surface area contributed by atoms with Crippen molar-refractivity contribution in [2.75, 3.05) is 16.9 Å². The number of pyridine rings is 1. The number of nitrogens with one attached hydrogen (secondary N) is 2. The molecule has 0 aliphatic heterocycles. The summed E-state index contributed by atoms with van der Waals surface area (Å²) >= 11 is 6.28. The van der Waals surface area contributed by atoms with Crippen molar-refractivity contribution in [3.8, 4) is 11.3 Å². The van der Waals surface area contributed by atoms with Crippen LogP contribution in [0.5, 0.6) is 0 Å². The lowest BCUT2D eigenvalue weighted by molar-refractivity contribution is -0.114. The summed E-state index contributed by atoms with van der Waals surface area (Å²) in [5.74, 6) is -1.05. The summed E-state index contributed by atoms with van der Waals surface area (Å²) in [4.78, 5) is 28.6. The summed E-state index contributed by atoms with van der Waals surface area (Å²) in [6.07, 6.45) is 2.75. The number of hydrogen-bond donors (Lipinski definition) is 2. The van der Waals surface area contributed by atoms with Gasteiger partial charge in [-0.3, -0.25) is 14.6 Å². The minimum atomic E-state index is -3.32. The van der Waals surface area contributed by atoms with Gasteiger partial charge in [0.2, 0.25) is 5.91 Å². The number of amides is 2. The van der Waals surface area contributed by atoms with E-state index in [4.69, 9.17) is 11.6 Å². The van der Waals surface area contributed by atoms with E-state index >= 15 is 0 Å². The molecule has 9 heteroatoms. The third kappa shape index (κ3) is 6.13. The van der Waals surface area contributed by atoms with E-state index in [0.717, 1.165) is 6.26 Å². The number of hydrogen-bond acceptors (Lipinski definition) is 5. The fraction of sp³-hybridized carbons (Fsp3) is 0.136. The molecule has 0 spiro atoms. The summed E-state index contributed by atoms with van der Waals surface area (Å²) in [6, 6.07) is 15.0. The van der Waals surface area contributed by atoms with Crippen LogP contribution in [0.25, 0.3) is 11.3 Å². The highest BCUT2D eigenvalue weighted by molar-refractivity contribution is 7.89. The normalized spacial score (nSPS) is 11.1. The van der Waals surface area contributed by atoms with Gasteiger partial charge in [-0.15, -0.1) is 0 Å². The van der Waals surface area contributed by atoms with Crippen molar-refractivity contribution in [3.63, 3.8) is 0 Å². The summed E-state index contributed by atoms with van der Waals surface area (Å²) < 4.78 is 23.3. The first-order valence-corrected chi connectivity index (χ1v) is 11.7. The molecule has 7 nitrogen and oxygen atoms in total. The number of aromatic nitrogens is 1. The van der Waals surface area contributed by atoms with Crippen molar-refractivity contribution < 1.29 is 18.0 Å². The van der Waals surface area contributed by atoms with Crippen LogP contribution < -0.4 is 10.6 Å². The minimum absolute atomic E-state index is 0.255. The average Bonchev–Trinajstić information content (AvgIpc) is 2.70. The molecule has 0 saturated carbocycles. The number of benzene rings is 2. The molecule has 1 heterocycles. The third-order valence-corrected chi connectivity index (χ3v) is 5.43. The zero-order valence-electron chi connectivity index (χ0n) is 16.8. The van der Waals surface area contributed by atoms with Gasteiger partial charge in [0.15, 0.2) is 9.84 Å². The maximum Gasteiger partial charge on any atom is 0.255 e. The molecule has 1 aromatic heterocycles. The molecule has 3 aromatic rings. The molecule has 0 aliphatic rings. The van der Waals surface area contributed by atoms with Gasteiger partial charge in [-0.1, -0.05) is 23.7 Å². The summed E-state index contributed by atoms with van der Waals surface area (Å²) in [5, 5.41) is 5.87. The van der Waals surface area contributed by atoms with Gasteiger partial charge in [0, 0.05) is 41.9 Å². The lowest BCUT2D eigenvalue weighted by Gasteiger charge is -2.13. The Morgan fingerprint density at radius 1 is 1.03 bits per heavy atom. The monoisotopic (exact) mass is 457 g/mol. The SMILES string of the molecule is CC(=O)Nc1cc(C(=O)Nc2ccc(Cl)c(-c3ccccn3)c2)ccc1CS(C)(=O)=O. The van der Waals surface area contributed by atoms with E-state index in [1.165, 1.54) is 25.1 Å². The van der Waals surface area contributed by atoms with E-state index in [1.54, 1.807) is 30.5 Å². The summed E-state index contributed by atoms with van der Waals surface area (Å²) in [6.45, 7) is 1.31. The fourth-order valence-electron chi connectivity index (χ4n) is 2.96. The summed E-state index contributed by atoms with van der Waals surface area (Å²) in [5.41, 5.74) is 2.78. The van der Waals surface area contributed by atoms with Crippen LogP contribution in [0.3, 0.4) is 0 Å². The molecule has 0 radical (unpaired) electrons. The quantitative estimate of drug-likeness (QED) is 0.578. The smallest absolute Gasteiger partial charge is 0.255 e. The largest absolute Gasteiger partial charge is 0.326 e. The highest BCUT2D eigenvalue weighted by Gasteiger charge is 2.15. The van der Waals surface area contributed by atoms with Gasteiger partial charge in [0.05, 0.1) is 16.5 Å². The maximum atomic E-state index is 12.8. The Hall–Kier alpha value is -3.23. The number of carbonyl (C=O) groups is 2. The van der Waals surface area contributed by atoms with Gasteiger partial charge in [0.25, 0.3) is 5.91 Å². The molecule has 160 valence electrons. The van der Waals surface area contributed by atoms with Crippen molar-refractivity contribution in [1.29, 1.82) is 0 Å². The Balaban J connectivity index is 1.89. The topological polar surface area (TPSA) is 105 Å². The van der Waals surface area contributed by atoms with Crippen LogP contribution in [-0.4, -0.2) is 31.5 Å². The van der Waals surface area contributed by atoms with Crippen LogP contribution in [0, 0.1) is 0 Å². The molecule has 2 N–H and O–H groups in total. The van der Waals surface area contributed by atoms with E-state index in [2.05, 4.69) is 15.6 Å². The molecule has 0 saturated heterocycles. The van der Waals surface area contributed by atoms with Crippen LogP contribution in [0.2, 0.25) is 5.02 Å². The van der Waals surface area contributed by atoms with E-state index in [0.29, 0.717) is 27.5 Å². The lowest BCUT2D eigenvalue weighted by Crippen LogP contribution is -2.15. The van der Waals surface area contributed by atoms with E-state index in [9.17, 15) is 18.0 Å². The Labute approximate surface area is 185 Å². The third-order valence-electron chi connectivity index (χ3n) is 4.27. The van der Waals surface area contributed by atoms with Gasteiger partial charge in [0.1, 0.15) is 0 Å². The van der Waals surface area contributed by atoms with Crippen LogP contribution in [0.4, 0.5) is 11.4 Å². The van der Waals surface area contributed by atoms with Gasteiger partial charge >= 0.3 is 0 Å². The van der Waals surface area contributed by atoms with Crippen LogP contribution in [-0.2, 0) is 20.4 Å². The number of carbonyl (C=O) groups excluding carboxylic acids is 2. The number of rotatable bonds is 6. The fourth-order valence-corrected chi connectivity index (χ4v) is 3.99. The molecule has 3 rings (SSSR count). The Morgan fingerprint density at radius 3 is 2.45 bits per heavy atom. The zero-order chi connectivity index (χ0) is 22.6. The predicted octanol–water partition coefficient (Wildman–Crippen LogP) is 4.16. The van der Waals surface area contributed by atoms with Gasteiger partial charge in [-0.2, -0.15) is 0 Å². The molecular weight excluding hydrogens is 438 g/mol. The number of nitrogens with zero attached hydrogens (tertiary/aromatic N) is 1. The molecular formula is C22H20ClN3O4S. The summed E-state index contributed by atoms with van der Waals surface area (Å²) in [7, 11) is -3.32. The second-order valence-electron chi connectivity index (χ2n) is 6.99. The van der Waals surface area contributed by atoms with Crippen LogP contribution in [0.1, 0.15) is 22.8 Å². The van der Waals surface area contributed by atoms with Crippen molar-refractivity contribution in [2.24, 2.45) is 0 Å². The number of sulfone groups is 1. The van der Waals surface area contributed by atoms with Crippen LogP contribution >= 0.6 is 11.6 Å². The first-order valence-electron chi connectivity index (χ1n) is 9.23. The predicted molar refractivity (Wildman–Crippen MR) is 122 cm³/mol. The number of anilines is 2. The molecule has 31 heavy (non-hydrogen) atoms. The minimum Gasteiger partial charge on any atom is -0.326 e. The van der Waals surface area contributed by atoms with Gasteiger partial charge in [-0.25, -0.2) is 8.42 Å². The van der Waals surface area contributed by atoms with E-state index in [1.807, 2.05) is 12.1 Å². The first kappa shape index (κ1) is 22.5. The highest BCUT2D eigenvalue weighted by atomic mass is 35.5. The zero-order valence-corrected chi connectivity index (χ0v) is 18.4.